The first-order chi connectivity index (χ1) is 15.1. The molecule has 0 N–H and O–H groups in total. The summed E-state index contributed by atoms with van der Waals surface area (Å²) in [6.45, 7) is 7.21. The second-order valence-electron chi connectivity index (χ2n) is 8.11. The molecule has 0 spiro atoms. The summed E-state index contributed by atoms with van der Waals surface area (Å²) in [7, 11) is 3.36. The highest BCUT2D eigenvalue weighted by molar-refractivity contribution is 6.32. The zero-order valence-corrected chi connectivity index (χ0v) is 19.1. The molecule has 2 atom stereocenters. The Labute approximate surface area is 190 Å². The molecule has 0 aliphatic carbocycles. The summed E-state index contributed by atoms with van der Waals surface area (Å²) >= 11 is 6.22. The highest BCUT2D eigenvalue weighted by atomic mass is 35.5. The van der Waals surface area contributed by atoms with Crippen molar-refractivity contribution in [1.29, 1.82) is 0 Å². The van der Waals surface area contributed by atoms with Gasteiger partial charge in [0.15, 0.2) is 11.5 Å². The van der Waals surface area contributed by atoms with Crippen molar-refractivity contribution in [3.63, 3.8) is 0 Å². The molecule has 2 fully saturated rings. The predicted molar refractivity (Wildman–Crippen MR) is 126 cm³/mol. The van der Waals surface area contributed by atoms with Crippen molar-refractivity contribution < 1.29 is 14.2 Å². The Kier molecular flexibility index (Phi) is 6.93. The van der Waals surface area contributed by atoms with Gasteiger partial charge in [-0.05, 0) is 49.1 Å². The summed E-state index contributed by atoms with van der Waals surface area (Å²) in [4.78, 5) is 5.13. The maximum atomic E-state index is 6.22. The van der Waals surface area contributed by atoms with Gasteiger partial charge in [-0.2, -0.15) is 0 Å². The van der Waals surface area contributed by atoms with Crippen LogP contribution in [0.4, 0.5) is 5.69 Å². The highest BCUT2D eigenvalue weighted by Crippen LogP contribution is 2.40. The van der Waals surface area contributed by atoms with Crippen molar-refractivity contribution in [3.8, 4) is 17.2 Å². The maximum absolute atomic E-state index is 6.22. The molecule has 2 aliphatic rings. The number of hydrogen-bond acceptors (Lipinski definition) is 5. The third kappa shape index (κ3) is 4.63. The molecule has 5 nitrogen and oxygen atoms in total. The first kappa shape index (κ1) is 21.8. The molecule has 0 bridgehead atoms. The number of ether oxygens (including phenoxy) is 3. The number of hydrogen-bond donors (Lipinski definition) is 0. The standard InChI is InChI=1S/C25H31ClN2O3/c1-4-14-31-23-11-8-18(15-25(23)30-3)22-7-5-6-20-17-27(12-13-28(20)22)19-9-10-21(26)24(16-19)29-2/h4,8-11,15-16,20,22H,1,5-7,12-14,17H2,2-3H3/t20-,22+/m0/s1. The van der Waals surface area contributed by atoms with E-state index in [1.54, 1.807) is 20.3 Å². The molecule has 2 aromatic rings. The van der Waals surface area contributed by atoms with Gasteiger partial charge in [0.25, 0.3) is 0 Å². The van der Waals surface area contributed by atoms with E-state index < -0.39 is 0 Å². The van der Waals surface area contributed by atoms with E-state index in [1.807, 2.05) is 18.2 Å². The Morgan fingerprint density at radius 1 is 1.03 bits per heavy atom. The van der Waals surface area contributed by atoms with Gasteiger partial charge in [0.2, 0.25) is 0 Å². The van der Waals surface area contributed by atoms with Crippen LogP contribution in [-0.4, -0.2) is 51.4 Å². The first-order valence-electron chi connectivity index (χ1n) is 10.9. The number of anilines is 1. The van der Waals surface area contributed by atoms with Crippen LogP contribution in [0.2, 0.25) is 5.02 Å². The zero-order valence-electron chi connectivity index (χ0n) is 18.4. The molecular weight excluding hydrogens is 412 g/mol. The summed E-state index contributed by atoms with van der Waals surface area (Å²) in [5, 5.41) is 0.650. The smallest absolute Gasteiger partial charge is 0.161 e. The van der Waals surface area contributed by atoms with Crippen molar-refractivity contribution in [3.05, 3.63) is 59.6 Å². The number of nitrogens with zero attached hydrogens (tertiary/aromatic N) is 2. The number of rotatable bonds is 7. The lowest BCUT2D eigenvalue weighted by Gasteiger charge is -2.49. The molecule has 2 heterocycles. The molecular formula is C25H31ClN2O3. The monoisotopic (exact) mass is 442 g/mol. The molecule has 2 aromatic carbocycles. The van der Waals surface area contributed by atoms with Crippen LogP contribution >= 0.6 is 11.6 Å². The van der Waals surface area contributed by atoms with Gasteiger partial charge >= 0.3 is 0 Å². The van der Waals surface area contributed by atoms with E-state index in [0.717, 1.165) is 36.9 Å². The van der Waals surface area contributed by atoms with Gasteiger partial charge in [-0.15, -0.1) is 0 Å². The lowest BCUT2D eigenvalue weighted by Crippen LogP contribution is -2.55. The lowest BCUT2D eigenvalue weighted by molar-refractivity contribution is 0.0715. The second kappa shape index (κ2) is 9.84. The molecule has 2 aliphatic heterocycles. The molecule has 0 unspecified atom stereocenters. The maximum Gasteiger partial charge on any atom is 0.161 e. The van der Waals surface area contributed by atoms with E-state index in [2.05, 4.69) is 34.6 Å². The van der Waals surface area contributed by atoms with Gasteiger partial charge in [0.05, 0.1) is 19.2 Å². The first-order valence-corrected chi connectivity index (χ1v) is 11.3. The SMILES string of the molecule is C=CCOc1ccc([C@H]2CCC[C@H]3CN(c4ccc(Cl)c(OC)c4)CCN32)cc1OC. The average Bonchev–Trinajstić information content (AvgIpc) is 2.82. The zero-order chi connectivity index (χ0) is 21.8. The van der Waals surface area contributed by atoms with Crippen LogP contribution in [0.25, 0.3) is 0 Å². The average molecular weight is 443 g/mol. The van der Waals surface area contributed by atoms with E-state index in [0.29, 0.717) is 23.7 Å². The normalized spacial score (nSPS) is 21.3. The molecule has 0 aromatic heterocycles. The minimum absolute atomic E-state index is 0.406. The molecule has 0 saturated carbocycles. The third-order valence-corrected chi connectivity index (χ3v) is 6.68. The van der Waals surface area contributed by atoms with Crippen molar-refractivity contribution in [2.75, 3.05) is 45.4 Å². The number of methoxy groups -OCH3 is 2. The fraction of sp³-hybridized carbons (Fsp3) is 0.440. The van der Waals surface area contributed by atoms with Gasteiger partial charge in [-0.3, -0.25) is 4.90 Å². The van der Waals surface area contributed by atoms with Gasteiger partial charge in [0, 0.05) is 43.5 Å². The Morgan fingerprint density at radius 3 is 2.65 bits per heavy atom. The van der Waals surface area contributed by atoms with Gasteiger partial charge in [-0.25, -0.2) is 0 Å². The van der Waals surface area contributed by atoms with E-state index in [4.69, 9.17) is 25.8 Å². The fourth-order valence-corrected chi connectivity index (χ4v) is 5.04. The predicted octanol–water partition coefficient (Wildman–Crippen LogP) is 5.34. The minimum atomic E-state index is 0.406. The fourth-order valence-electron chi connectivity index (χ4n) is 4.85. The van der Waals surface area contributed by atoms with Gasteiger partial charge < -0.3 is 19.1 Å². The van der Waals surface area contributed by atoms with Crippen LogP contribution in [0.1, 0.15) is 30.9 Å². The summed E-state index contributed by atoms with van der Waals surface area (Å²) in [6.07, 6.45) is 5.35. The Hall–Kier alpha value is -2.37. The number of halogens is 1. The van der Waals surface area contributed by atoms with Crippen LogP contribution in [0, 0.1) is 0 Å². The largest absolute Gasteiger partial charge is 0.495 e. The number of fused-ring (bicyclic) bond motifs is 1. The van der Waals surface area contributed by atoms with E-state index >= 15 is 0 Å². The molecule has 0 amide bonds. The Bertz CT molecular complexity index is 920. The summed E-state index contributed by atoms with van der Waals surface area (Å²) in [5.41, 5.74) is 2.47. The van der Waals surface area contributed by atoms with Crippen LogP contribution in [0.15, 0.2) is 49.1 Å². The molecule has 166 valence electrons. The molecule has 4 rings (SSSR count). The van der Waals surface area contributed by atoms with Gasteiger partial charge in [-0.1, -0.05) is 30.3 Å². The summed E-state index contributed by atoms with van der Waals surface area (Å²) < 4.78 is 16.8. The number of piperazine rings is 1. The van der Waals surface area contributed by atoms with E-state index in [1.165, 1.54) is 30.5 Å². The molecule has 31 heavy (non-hydrogen) atoms. The lowest BCUT2D eigenvalue weighted by atomic mass is 9.89. The molecule has 0 radical (unpaired) electrons. The van der Waals surface area contributed by atoms with Crippen molar-refractivity contribution in [2.45, 2.75) is 31.3 Å². The number of benzene rings is 2. The van der Waals surface area contributed by atoms with Crippen LogP contribution in [0.5, 0.6) is 17.2 Å². The highest BCUT2D eigenvalue weighted by Gasteiger charge is 2.36. The molecule has 2 saturated heterocycles. The second-order valence-corrected chi connectivity index (χ2v) is 8.52. The van der Waals surface area contributed by atoms with E-state index in [-0.39, 0.29) is 0 Å². The summed E-state index contributed by atoms with van der Waals surface area (Å²) in [6, 6.07) is 13.3. The topological polar surface area (TPSA) is 34.2 Å². The van der Waals surface area contributed by atoms with E-state index in [9.17, 15) is 0 Å². The number of piperidine rings is 1. The quantitative estimate of drug-likeness (QED) is 0.541. The Morgan fingerprint density at radius 2 is 1.87 bits per heavy atom. The molecule has 6 heteroatoms. The third-order valence-electron chi connectivity index (χ3n) is 6.37. The van der Waals surface area contributed by atoms with Crippen molar-refractivity contribution in [2.24, 2.45) is 0 Å². The van der Waals surface area contributed by atoms with Crippen LogP contribution in [0.3, 0.4) is 0 Å². The minimum Gasteiger partial charge on any atom is -0.495 e. The van der Waals surface area contributed by atoms with Crippen LogP contribution < -0.4 is 19.1 Å². The Balaban J connectivity index is 1.51. The summed E-state index contributed by atoms with van der Waals surface area (Å²) in [5.74, 6) is 2.28. The van der Waals surface area contributed by atoms with Crippen molar-refractivity contribution >= 4 is 17.3 Å². The van der Waals surface area contributed by atoms with Gasteiger partial charge in [0.1, 0.15) is 12.4 Å². The van der Waals surface area contributed by atoms with Crippen LogP contribution in [-0.2, 0) is 0 Å². The van der Waals surface area contributed by atoms with Crippen molar-refractivity contribution in [1.82, 2.24) is 4.90 Å².